The first-order valence-electron chi connectivity index (χ1n) is 4.57. The van der Waals surface area contributed by atoms with Crippen LogP contribution >= 0.6 is 27.3 Å². The van der Waals surface area contributed by atoms with Crippen LogP contribution in [0, 0.1) is 0 Å². The summed E-state index contributed by atoms with van der Waals surface area (Å²) in [5.41, 5.74) is 1.37. The van der Waals surface area contributed by atoms with E-state index in [-0.39, 0.29) is 0 Å². The SMILES string of the molecule is CNC(C)c1csc2cccc(Br)c12. The quantitative estimate of drug-likeness (QED) is 0.871. The average molecular weight is 270 g/mol. The molecule has 0 radical (unpaired) electrons. The number of rotatable bonds is 2. The Hall–Kier alpha value is -0.380. The minimum atomic E-state index is 0.405. The van der Waals surface area contributed by atoms with Crippen molar-refractivity contribution in [3.05, 3.63) is 33.6 Å². The van der Waals surface area contributed by atoms with Gasteiger partial charge in [-0.3, -0.25) is 0 Å². The van der Waals surface area contributed by atoms with Crippen molar-refractivity contribution in [1.29, 1.82) is 0 Å². The van der Waals surface area contributed by atoms with Crippen LogP contribution in [0.3, 0.4) is 0 Å². The third-order valence-electron chi connectivity index (χ3n) is 2.48. The molecule has 3 heteroatoms. The van der Waals surface area contributed by atoms with Gasteiger partial charge in [-0.05, 0) is 37.0 Å². The van der Waals surface area contributed by atoms with Gasteiger partial charge < -0.3 is 5.32 Å². The summed E-state index contributed by atoms with van der Waals surface area (Å²) in [6.45, 7) is 2.18. The lowest BCUT2D eigenvalue weighted by Crippen LogP contribution is -2.11. The molecule has 74 valence electrons. The molecule has 1 nitrogen and oxygen atoms in total. The number of benzene rings is 1. The third-order valence-corrected chi connectivity index (χ3v) is 4.10. The van der Waals surface area contributed by atoms with E-state index in [0.29, 0.717) is 6.04 Å². The van der Waals surface area contributed by atoms with Crippen molar-refractivity contribution in [2.24, 2.45) is 0 Å². The monoisotopic (exact) mass is 269 g/mol. The van der Waals surface area contributed by atoms with Crippen LogP contribution in [0.25, 0.3) is 10.1 Å². The highest BCUT2D eigenvalue weighted by Crippen LogP contribution is 2.35. The molecule has 1 unspecified atom stereocenters. The standard InChI is InChI=1S/C11H12BrNS/c1-7(13-2)8-6-14-10-5-3-4-9(12)11(8)10/h3-7,13H,1-2H3. The normalized spacial score (nSPS) is 13.4. The molecular formula is C11H12BrNS. The largest absolute Gasteiger partial charge is 0.313 e. The molecule has 1 atom stereocenters. The minimum Gasteiger partial charge on any atom is -0.313 e. The van der Waals surface area contributed by atoms with Crippen molar-refractivity contribution in [3.8, 4) is 0 Å². The molecule has 0 fully saturated rings. The second-order valence-electron chi connectivity index (χ2n) is 3.31. The minimum absolute atomic E-state index is 0.405. The third kappa shape index (κ3) is 1.60. The molecule has 2 rings (SSSR count). The molecule has 1 N–H and O–H groups in total. The van der Waals surface area contributed by atoms with Crippen LogP contribution in [0.2, 0.25) is 0 Å². The Kier molecular flexibility index (Phi) is 2.91. The Labute approximate surface area is 96.3 Å². The summed E-state index contributed by atoms with van der Waals surface area (Å²) < 4.78 is 2.53. The van der Waals surface area contributed by atoms with Gasteiger partial charge in [0.1, 0.15) is 0 Å². The maximum atomic E-state index is 3.60. The van der Waals surface area contributed by atoms with Crippen molar-refractivity contribution in [1.82, 2.24) is 5.32 Å². The fourth-order valence-electron chi connectivity index (χ4n) is 1.54. The van der Waals surface area contributed by atoms with Gasteiger partial charge in [-0.25, -0.2) is 0 Å². The molecule has 14 heavy (non-hydrogen) atoms. The summed E-state index contributed by atoms with van der Waals surface area (Å²) in [4.78, 5) is 0. The van der Waals surface area contributed by atoms with E-state index in [2.05, 4.69) is 51.7 Å². The van der Waals surface area contributed by atoms with Crippen molar-refractivity contribution in [2.75, 3.05) is 7.05 Å². The van der Waals surface area contributed by atoms with Gasteiger partial charge in [-0.15, -0.1) is 11.3 Å². The molecule has 2 aromatic rings. The molecule has 0 spiro atoms. The van der Waals surface area contributed by atoms with Crippen LogP contribution < -0.4 is 5.32 Å². The smallest absolute Gasteiger partial charge is 0.0357 e. The first-order valence-corrected chi connectivity index (χ1v) is 6.24. The molecule has 0 bridgehead atoms. The van der Waals surface area contributed by atoms with Gasteiger partial charge >= 0.3 is 0 Å². The van der Waals surface area contributed by atoms with E-state index >= 15 is 0 Å². The van der Waals surface area contributed by atoms with Gasteiger partial charge in [-0.1, -0.05) is 22.0 Å². The molecule has 0 aliphatic heterocycles. The van der Waals surface area contributed by atoms with E-state index in [1.54, 1.807) is 11.3 Å². The molecule has 0 aliphatic carbocycles. The van der Waals surface area contributed by atoms with E-state index in [9.17, 15) is 0 Å². The second kappa shape index (κ2) is 4.01. The summed E-state index contributed by atoms with van der Waals surface area (Å²) in [7, 11) is 1.99. The van der Waals surface area contributed by atoms with E-state index < -0.39 is 0 Å². The molecule has 0 amide bonds. The first kappa shape index (κ1) is 10.1. The van der Waals surface area contributed by atoms with Crippen LogP contribution in [0.4, 0.5) is 0 Å². The van der Waals surface area contributed by atoms with E-state index in [0.717, 1.165) is 0 Å². The fourth-order valence-corrected chi connectivity index (χ4v) is 3.35. The van der Waals surface area contributed by atoms with E-state index in [4.69, 9.17) is 0 Å². The fraction of sp³-hybridized carbons (Fsp3) is 0.273. The van der Waals surface area contributed by atoms with Gasteiger partial charge in [0.2, 0.25) is 0 Å². The number of nitrogens with one attached hydrogen (secondary N) is 1. The predicted octanol–water partition coefficient (Wildman–Crippen LogP) is 3.94. The molecular weight excluding hydrogens is 258 g/mol. The Morgan fingerprint density at radius 1 is 1.43 bits per heavy atom. The van der Waals surface area contributed by atoms with Gasteiger partial charge in [0, 0.05) is 20.6 Å². The van der Waals surface area contributed by atoms with Crippen LogP contribution in [0.15, 0.2) is 28.1 Å². The van der Waals surface area contributed by atoms with Crippen LogP contribution in [0.5, 0.6) is 0 Å². The zero-order valence-electron chi connectivity index (χ0n) is 8.17. The summed E-state index contributed by atoms with van der Waals surface area (Å²) in [5, 5.41) is 6.85. The van der Waals surface area contributed by atoms with Crippen molar-refractivity contribution < 1.29 is 0 Å². The maximum Gasteiger partial charge on any atom is 0.0357 e. The van der Waals surface area contributed by atoms with E-state index in [1.165, 1.54) is 20.1 Å². The average Bonchev–Trinajstić information content (AvgIpc) is 2.62. The van der Waals surface area contributed by atoms with Gasteiger partial charge in [-0.2, -0.15) is 0 Å². The zero-order chi connectivity index (χ0) is 10.1. The number of hydrogen-bond donors (Lipinski definition) is 1. The lowest BCUT2D eigenvalue weighted by atomic mass is 10.1. The van der Waals surface area contributed by atoms with Gasteiger partial charge in [0.05, 0.1) is 0 Å². The van der Waals surface area contributed by atoms with Crippen LogP contribution in [-0.4, -0.2) is 7.05 Å². The van der Waals surface area contributed by atoms with Crippen LogP contribution in [0.1, 0.15) is 18.5 Å². The maximum absolute atomic E-state index is 3.60. The lowest BCUT2D eigenvalue weighted by molar-refractivity contribution is 0.659. The number of fused-ring (bicyclic) bond motifs is 1. The Morgan fingerprint density at radius 2 is 2.21 bits per heavy atom. The summed E-state index contributed by atoms with van der Waals surface area (Å²) in [6.07, 6.45) is 0. The Bertz CT molecular complexity index is 449. The molecule has 0 aliphatic rings. The van der Waals surface area contributed by atoms with Crippen LogP contribution in [-0.2, 0) is 0 Å². The summed E-state index contributed by atoms with van der Waals surface area (Å²) in [5.74, 6) is 0. The molecule has 1 aromatic carbocycles. The number of thiophene rings is 1. The summed E-state index contributed by atoms with van der Waals surface area (Å²) >= 11 is 5.41. The highest BCUT2D eigenvalue weighted by molar-refractivity contribution is 9.10. The highest BCUT2D eigenvalue weighted by Gasteiger charge is 2.11. The Morgan fingerprint density at radius 3 is 2.93 bits per heavy atom. The van der Waals surface area contributed by atoms with Gasteiger partial charge in [0.25, 0.3) is 0 Å². The summed E-state index contributed by atoms with van der Waals surface area (Å²) in [6, 6.07) is 6.75. The van der Waals surface area contributed by atoms with Crippen molar-refractivity contribution >= 4 is 37.4 Å². The first-order chi connectivity index (χ1) is 6.74. The topological polar surface area (TPSA) is 12.0 Å². The molecule has 0 saturated heterocycles. The molecule has 1 aromatic heterocycles. The zero-order valence-corrected chi connectivity index (χ0v) is 10.6. The molecule has 1 heterocycles. The molecule has 0 saturated carbocycles. The number of halogens is 1. The lowest BCUT2D eigenvalue weighted by Gasteiger charge is -2.09. The van der Waals surface area contributed by atoms with Crippen molar-refractivity contribution in [3.63, 3.8) is 0 Å². The van der Waals surface area contributed by atoms with Crippen molar-refractivity contribution in [2.45, 2.75) is 13.0 Å². The Balaban J connectivity index is 2.67. The predicted molar refractivity (Wildman–Crippen MR) is 67.0 cm³/mol. The highest BCUT2D eigenvalue weighted by atomic mass is 79.9. The van der Waals surface area contributed by atoms with E-state index in [1.807, 2.05) is 7.05 Å². The second-order valence-corrected chi connectivity index (χ2v) is 5.08. The number of hydrogen-bond acceptors (Lipinski definition) is 2. The van der Waals surface area contributed by atoms with Gasteiger partial charge in [0.15, 0.2) is 0 Å².